The highest BCUT2D eigenvalue weighted by molar-refractivity contribution is 5.96. The maximum absolute atomic E-state index is 12.3. The van der Waals surface area contributed by atoms with E-state index in [9.17, 15) is 4.79 Å². The number of amides is 1. The van der Waals surface area contributed by atoms with E-state index < -0.39 is 0 Å². The first-order chi connectivity index (χ1) is 11.8. The number of nitrogens with one attached hydrogen (secondary N) is 1. The molecule has 0 spiro atoms. The van der Waals surface area contributed by atoms with Crippen LogP contribution in [0.3, 0.4) is 0 Å². The summed E-state index contributed by atoms with van der Waals surface area (Å²) in [6.07, 6.45) is 4.87. The molecule has 1 aromatic heterocycles. The average Bonchev–Trinajstić information content (AvgIpc) is 3.15. The lowest BCUT2D eigenvalue weighted by molar-refractivity contribution is 0.0940. The highest BCUT2D eigenvalue weighted by atomic mass is 16.1. The van der Waals surface area contributed by atoms with Crippen molar-refractivity contribution < 1.29 is 4.79 Å². The SMILES string of the molecule is O=C1NCCc2c1nc(CCc1ccccc1)nc2N1CCCC1. The number of hydrogen-bond acceptors (Lipinski definition) is 4. The summed E-state index contributed by atoms with van der Waals surface area (Å²) in [5, 5.41) is 2.91. The number of aryl methyl sites for hydroxylation is 2. The van der Waals surface area contributed by atoms with Crippen LogP contribution in [-0.4, -0.2) is 35.5 Å². The van der Waals surface area contributed by atoms with E-state index in [1.807, 2.05) is 18.2 Å². The fourth-order valence-electron chi connectivity index (χ4n) is 3.52. The average molecular weight is 322 g/mol. The Morgan fingerprint density at radius 1 is 1.04 bits per heavy atom. The van der Waals surface area contributed by atoms with Crippen LogP contribution >= 0.6 is 0 Å². The quantitative estimate of drug-likeness (QED) is 0.937. The summed E-state index contributed by atoms with van der Waals surface area (Å²) < 4.78 is 0. The molecule has 0 atom stereocenters. The third kappa shape index (κ3) is 2.98. The maximum Gasteiger partial charge on any atom is 0.270 e. The predicted octanol–water partition coefficient (Wildman–Crippen LogP) is 2.15. The first kappa shape index (κ1) is 15.1. The number of carbonyl (C=O) groups excluding carboxylic acids is 1. The maximum atomic E-state index is 12.3. The fourth-order valence-corrected chi connectivity index (χ4v) is 3.52. The van der Waals surface area contributed by atoms with E-state index in [2.05, 4.69) is 27.3 Å². The van der Waals surface area contributed by atoms with E-state index in [4.69, 9.17) is 4.98 Å². The molecule has 1 N–H and O–H groups in total. The summed E-state index contributed by atoms with van der Waals surface area (Å²) in [7, 11) is 0. The lowest BCUT2D eigenvalue weighted by atomic mass is 10.0. The van der Waals surface area contributed by atoms with Gasteiger partial charge < -0.3 is 10.2 Å². The zero-order chi connectivity index (χ0) is 16.4. The number of nitrogens with zero attached hydrogens (tertiary/aromatic N) is 3. The molecule has 1 aromatic carbocycles. The third-order valence-electron chi connectivity index (χ3n) is 4.79. The van der Waals surface area contributed by atoms with Gasteiger partial charge in [-0.2, -0.15) is 0 Å². The van der Waals surface area contributed by atoms with Gasteiger partial charge in [0, 0.05) is 31.6 Å². The number of carbonyl (C=O) groups is 1. The first-order valence-electron chi connectivity index (χ1n) is 8.78. The topological polar surface area (TPSA) is 58.1 Å². The van der Waals surface area contributed by atoms with Crippen LogP contribution in [0.4, 0.5) is 5.82 Å². The second kappa shape index (κ2) is 6.59. The fraction of sp³-hybridized carbons (Fsp3) is 0.421. The van der Waals surface area contributed by atoms with Crippen molar-refractivity contribution in [3.63, 3.8) is 0 Å². The molecule has 0 aliphatic carbocycles. The molecular formula is C19H22N4O. The van der Waals surface area contributed by atoms with Crippen molar-refractivity contribution in [3.05, 3.63) is 53.0 Å². The van der Waals surface area contributed by atoms with Gasteiger partial charge in [-0.05, 0) is 31.2 Å². The summed E-state index contributed by atoms with van der Waals surface area (Å²) in [6.45, 7) is 2.74. The van der Waals surface area contributed by atoms with E-state index in [0.717, 1.165) is 49.6 Å². The Hall–Kier alpha value is -2.43. The van der Waals surface area contributed by atoms with Gasteiger partial charge in [0.2, 0.25) is 0 Å². The smallest absolute Gasteiger partial charge is 0.270 e. The molecule has 2 aromatic rings. The summed E-state index contributed by atoms with van der Waals surface area (Å²) in [5.41, 5.74) is 2.89. The number of rotatable bonds is 4. The van der Waals surface area contributed by atoms with Crippen LogP contribution in [0.1, 0.15) is 40.3 Å². The Balaban J connectivity index is 1.65. The second-order valence-corrected chi connectivity index (χ2v) is 6.48. The molecule has 0 radical (unpaired) electrons. The van der Waals surface area contributed by atoms with Crippen LogP contribution in [0.25, 0.3) is 0 Å². The molecule has 5 heteroatoms. The molecule has 0 saturated carbocycles. The van der Waals surface area contributed by atoms with Crippen molar-refractivity contribution in [3.8, 4) is 0 Å². The second-order valence-electron chi connectivity index (χ2n) is 6.48. The van der Waals surface area contributed by atoms with Gasteiger partial charge in [-0.3, -0.25) is 4.79 Å². The van der Waals surface area contributed by atoms with Gasteiger partial charge in [0.05, 0.1) is 0 Å². The molecule has 3 heterocycles. The summed E-state index contributed by atoms with van der Waals surface area (Å²) >= 11 is 0. The minimum absolute atomic E-state index is 0.0555. The number of hydrogen-bond donors (Lipinski definition) is 1. The molecule has 4 rings (SSSR count). The number of fused-ring (bicyclic) bond motifs is 1. The van der Waals surface area contributed by atoms with Crippen LogP contribution in [0.2, 0.25) is 0 Å². The van der Waals surface area contributed by atoms with Crippen LogP contribution < -0.4 is 10.2 Å². The van der Waals surface area contributed by atoms with Gasteiger partial charge in [-0.15, -0.1) is 0 Å². The summed E-state index contributed by atoms with van der Waals surface area (Å²) in [5.74, 6) is 1.71. The van der Waals surface area contributed by atoms with Crippen molar-refractivity contribution in [1.82, 2.24) is 15.3 Å². The Labute approximate surface area is 142 Å². The third-order valence-corrected chi connectivity index (χ3v) is 4.79. The molecule has 124 valence electrons. The molecule has 1 fully saturated rings. The molecule has 1 saturated heterocycles. The van der Waals surface area contributed by atoms with E-state index >= 15 is 0 Å². The van der Waals surface area contributed by atoms with Crippen molar-refractivity contribution >= 4 is 11.7 Å². The van der Waals surface area contributed by atoms with Crippen molar-refractivity contribution in [2.45, 2.75) is 32.1 Å². The molecule has 0 bridgehead atoms. The van der Waals surface area contributed by atoms with Gasteiger partial charge in [-0.1, -0.05) is 30.3 Å². The van der Waals surface area contributed by atoms with Gasteiger partial charge in [0.15, 0.2) is 0 Å². The summed E-state index contributed by atoms with van der Waals surface area (Å²) in [4.78, 5) is 24.0. The number of aromatic nitrogens is 2. The lowest BCUT2D eigenvalue weighted by Gasteiger charge is -2.25. The monoisotopic (exact) mass is 322 g/mol. The van der Waals surface area contributed by atoms with E-state index in [-0.39, 0.29) is 5.91 Å². The molecular weight excluding hydrogens is 300 g/mol. The Morgan fingerprint density at radius 2 is 1.83 bits per heavy atom. The van der Waals surface area contributed by atoms with Gasteiger partial charge in [0.1, 0.15) is 17.3 Å². The van der Waals surface area contributed by atoms with Crippen molar-refractivity contribution in [1.29, 1.82) is 0 Å². The standard InChI is InChI=1S/C19H22N4O/c24-19-17-15(10-11-20-19)18(23-12-4-5-13-23)22-16(21-17)9-8-14-6-2-1-3-7-14/h1-3,6-7H,4-5,8-13H2,(H,20,24). The molecule has 2 aliphatic heterocycles. The van der Waals surface area contributed by atoms with E-state index in [1.165, 1.54) is 18.4 Å². The summed E-state index contributed by atoms with van der Waals surface area (Å²) in [6, 6.07) is 10.4. The van der Waals surface area contributed by atoms with E-state index in [0.29, 0.717) is 12.2 Å². The molecule has 1 amide bonds. The Morgan fingerprint density at radius 3 is 2.62 bits per heavy atom. The first-order valence-corrected chi connectivity index (χ1v) is 8.78. The largest absolute Gasteiger partial charge is 0.356 e. The molecule has 2 aliphatic rings. The molecule has 24 heavy (non-hydrogen) atoms. The van der Waals surface area contributed by atoms with Gasteiger partial charge >= 0.3 is 0 Å². The predicted molar refractivity (Wildman–Crippen MR) is 93.4 cm³/mol. The van der Waals surface area contributed by atoms with Crippen molar-refractivity contribution in [2.24, 2.45) is 0 Å². The number of anilines is 1. The van der Waals surface area contributed by atoms with Crippen LogP contribution in [0.5, 0.6) is 0 Å². The van der Waals surface area contributed by atoms with Crippen LogP contribution in [0, 0.1) is 0 Å². The number of benzene rings is 1. The highest BCUT2D eigenvalue weighted by Gasteiger charge is 2.27. The Kier molecular flexibility index (Phi) is 4.15. The molecule has 5 nitrogen and oxygen atoms in total. The normalized spacial score (nSPS) is 16.8. The van der Waals surface area contributed by atoms with Gasteiger partial charge in [0.25, 0.3) is 5.91 Å². The highest BCUT2D eigenvalue weighted by Crippen LogP contribution is 2.27. The van der Waals surface area contributed by atoms with Crippen LogP contribution in [-0.2, 0) is 19.3 Å². The van der Waals surface area contributed by atoms with Crippen LogP contribution in [0.15, 0.2) is 30.3 Å². The van der Waals surface area contributed by atoms with Crippen molar-refractivity contribution in [2.75, 3.05) is 24.5 Å². The minimum Gasteiger partial charge on any atom is -0.356 e. The Bertz CT molecular complexity index is 739. The van der Waals surface area contributed by atoms with Gasteiger partial charge in [-0.25, -0.2) is 9.97 Å². The lowest BCUT2D eigenvalue weighted by Crippen LogP contribution is -2.35. The zero-order valence-corrected chi connectivity index (χ0v) is 13.8. The zero-order valence-electron chi connectivity index (χ0n) is 13.8. The molecule has 0 unspecified atom stereocenters. The van der Waals surface area contributed by atoms with E-state index in [1.54, 1.807) is 0 Å². The minimum atomic E-state index is -0.0555.